The van der Waals surface area contributed by atoms with E-state index in [2.05, 4.69) is 31.3 Å². The lowest BCUT2D eigenvalue weighted by Crippen LogP contribution is -2.47. The molecule has 138 valence electrons. The third-order valence-electron chi connectivity index (χ3n) is 4.48. The molecule has 1 atom stereocenters. The summed E-state index contributed by atoms with van der Waals surface area (Å²) in [5.41, 5.74) is 6.86. The van der Waals surface area contributed by atoms with Crippen LogP contribution in [0.4, 0.5) is 0 Å². The molecule has 1 aromatic carbocycles. The van der Waals surface area contributed by atoms with Gasteiger partial charge >= 0.3 is 0 Å². The van der Waals surface area contributed by atoms with Crippen LogP contribution in [0.3, 0.4) is 0 Å². The minimum Gasteiger partial charge on any atom is -0.354 e. The van der Waals surface area contributed by atoms with Gasteiger partial charge in [-0.25, -0.2) is 8.42 Å². The molecule has 0 aliphatic carbocycles. The van der Waals surface area contributed by atoms with Gasteiger partial charge < -0.3 is 11.1 Å². The molecule has 0 saturated carbocycles. The average molecular weight is 377 g/mol. The average Bonchev–Trinajstić information content (AvgIpc) is 2.54. The van der Waals surface area contributed by atoms with Crippen molar-refractivity contribution in [3.63, 3.8) is 0 Å². The molecular formula is C17H29ClN2O3S. The molecule has 0 fully saturated rings. The number of hydrogen-bond acceptors (Lipinski definition) is 4. The van der Waals surface area contributed by atoms with Gasteiger partial charge in [0.25, 0.3) is 0 Å². The zero-order chi connectivity index (χ0) is 17.5. The predicted octanol–water partition coefficient (Wildman–Crippen LogP) is 2.04. The fourth-order valence-electron chi connectivity index (χ4n) is 2.66. The number of benzene rings is 1. The molecule has 1 amide bonds. The van der Waals surface area contributed by atoms with Gasteiger partial charge in [0.1, 0.15) is 9.84 Å². The Bertz CT molecular complexity index is 602. The molecule has 0 aliphatic rings. The molecule has 24 heavy (non-hydrogen) atoms. The molecule has 1 unspecified atom stereocenters. The Morgan fingerprint density at radius 2 is 1.75 bits per heavy atom. The van der Waals surface area contributed by atoms with Gasteiger partial charge in [0, 0.05) is 18.2 Å². The van der Waals surface area contributed by atoms with Crippen LogP contribution in [-0.2, 0) is 20.0 Å². The minimum absolute atomic E-state index is 0. The highest BCUT2D eigenvalue weighted by atomic mass is 35.5. The van der Waals surface area contributed by atoms with E-state index in [0.717, 1.165) is 19.1 Å². The van der Waals surface area contributed by atoms with E-state index in [1.807, 2.05) is 18.2 Å². The van der Waals surface area contributed by atoms with Crippen molar-refractivity contribution in [1.82, 2.24) is 5.32 Å². The first-order valence-electron chi connectivity index (χ1n) is 8.00. The standard InChI is InChI=1S/C17H28N2O3S.ClH/c1-4-17(5-2,14-9-7-6-8-10-14)13-19-16(20)15(18)11-12-23(3,21)22;/h6-10,15H,4-5,11-13,18H2,1-3H3,(H,19,20);1H. The molecule has 0 aliphatic heterocycles. The number of carbonyl (C=O) groups is 1. The second-order valence-electron chi connectivity index (χ2n) is 6.10. The number of nitrogens with two attached hydrogens (primary N) is 1. The lowest BCUT2D eigenvalue weighted by atomic mass is 9.76. The topological polar surface area (TPSA) is 89.3 Å². The summed E-state index contributed by atoms with van der Waals surface area (Å²) in [7, 11) is -3.11. The molecule has 3 N–H and O–H groups in total. The van der Waals surface area contributed by atoms with E-state index in [0.29, 0.717) is 6.54 Å². The maximum absolute atomic E-state index is 12.1. The summed E-state index contributed by atoms with van der Waals surface area (Å²) in [4.78, 5) is 12.1. The second-order valence-corrected chi connectivity index (χ2v) is 8.36. The maximum Gasteiger partial charge on any atom is 0.236 e. The molecule has 7 heteroatoms. The highest BCUT2D eigenvalue weighted by Crippen LogP contribution is 2.30. The van der Waals surface area contributed by atoms with Gasteiger partial charge in [-0.2, -0.15) is 0 Å². The SMILES string of the molecule is CCC(CC)(CNC(=O)C(N)CCS(C)(=O)=O)c1ccccc1.Cl. The highest BCUT2D eigenvalue weighted by molar-refractivity contribution is 7.90. The van der Waals surface area contributed by atoms with Crippen molar-refractivity contribution >= 4 is 28.2 Å². The lowest BCUT2D eigenvalue weighted by Gasteiger charge is -2.33. The summed E-state index contributed by atoms with van der Waals surface area (Å²) in [6, 6.07) is 9.31. The number of carbonyl (C=O) groups excluding carboxylic acids is 1. The summed E-state index contributed by atoms with van der Waals surface area (Å²) in [5.74, 6) is -0.372. The van der Waals surface area contributed by atoms with Crippen molar-refractivity contribution in [2.45, 2.75) is 44.6 Å². The van der Waals surface area contributed by atoms with Crippen LogP contribution in [0, 0.1) is 0 Å². The van der Waals surface area contributed by atoms with Gasteiger partial charge in [-0.3, -0.25) is 4.79 Å². The maximum atomic E-state index is 12.1. The molecule has 0 bridgehead atoms. The number of halogens is 1. The van der Waals surface area contributed by atoms with Crippen molar-refractivity contribution in [2.24, 2.45) is 5.73 Å². The largest absolute Gasteiger partial charge is 0.354 e. The number of rotatable bonds is 9. The van der Waals surface area contributed by atoms with Gasteiger partial charge in [0.15, 0.2) is 0 Å². The normalized spacial score (nSPS) is 13.0. The van der Waals surface area contributed by atoms with E-state index in [-0.39, 0.29) is 35.9 Å². The zero-order valence-corrected chi connectivity index (χ0v) is 16.3. The van der Waals surface area contributed by atoms with Crippen LogP contribution in [0.15, 0.2) is 30.3 Å². The summed E-state index contributed by atoms with van der Waals surface area (Å²) in [6.07, 6.45) is 3.08. The lowest BCUT2D eigenvalue weighted by molar-refractivity contribution is -0.122. The number of amides is 1. The molecule has 5 nitrogen and oxygen atoms in total. The summed E-state index contributed by atoms with van der Waals surface area (Å²) < 4.78 is 22.3. The van der Waals surface area contributed by atoms with Crippen molar-refractivity contribution < 1.29 is 13.2 Å². The Morgan fingerprint density at radius 3 is 2.21 bits per heavy atom. The zero-order valence-electron chi connectivity index (χ0n) is 14.6. The molecular weight excluding hydrogens is 348 g/mol. The van der Waals surface area contributed by atoms with Crippen LogP contribution in [0.25, 0.3) is 0 Å². The molecule has 0 heterocycles. The first-order valence-corrected chi connectivity index (χ1v) is 10.1. The number of hydrogen-bond donors (Lipinski definition) is 2. The van der Waals surface area contributed by atoms with Gasteiger partial charge in [-0.1, -0.05) is 44.2 Å². The second kappa shape index (κ2) is 10.0. The Hall–Kier alpha value is -1.11. The first kappa shape index (κ1) is 22.9. The number of nitrogens with one attached hydrogen (secondary N) is 1. The fraction of sp³-hybridized carbons (Fsp3) is 0.588. The summed E-state index contributed by atoms with van der Waals surface area (Å²) in [6.45, 7) is 4.70. The van der Waals surface area contributed by atoms with Crippen molar-refractivity contribution in [3.05, 3.63) is 35.9 Å². The van der Waals surface area contributed by atoms with Gasteiger partial charge in [0.2, 0.25) is 5.91 Å². The van der Waals surface area contributed by atoms with Gasteiger partial charge in [-0.15, -0.1) is 12.4 Å². The van der Waals surface area contributed by atoms with E-state index in [1.54, 1.807) is 0 Å². The van der Waals surface area contributed by atoms with E-state index in [4.69, 9.17) is 5.73 Å². The molecule has 0 saturated heterocycles. The fourth-order valence-corrected chi connectivity index (χ4v) is 3.34. The van der Waals surface area contributed by atoms with E-state index in [1.165, 1.54) is 5.56 Å². The van der Waals surface area contributed by atoms with Gasteiger partial charge in [0.05, 0.1) is 11.8 Å². The monoisotopic (exact) mass is 376 g/mol. The summed E-state index contributed by atoms with van der Waals surface area (Å²) in [5, 5.41) is 2.90. The Labute approximate surface area is 151 Å². The molecule has 0 spiro atoms. The predicted molar refractivity (Wildman–Crippen MR) is 101 cm³/mol. The quantitative estimate of drug-likeness (QED) is 0.690. The molecule has 0 aromatic heterocycles. The minimum atomic E-state index is -3.11. The van der Waals surface area contributed by atoms with E-state index < -0.39 is 15.9 Å². The van der Waals surface area contributed by atoms with Crippen LogP contribution in [-0.4, -0.2) is 38.9 Å². The summed E-state index contributed by atoms with van der Waals surface area (Å²) >= 11 is 0. The van der Waals surface area contributed by atoms with Crippen LogP contribution >= 0.6 is 12.4 Å². The Balaban J connectivity index is 0.00000529. The van der Waals surface area contributed by atoms with Crippen LogP contribution < -0.4 is 11.1 Å². The molecule has 1 aromatic rings. The molecule has 0 radical (unpaired) electrons. The number of sulfone groups is 1. The smallest absolute Gasteiger partial charge is 0.236 e. The van der Waals surface area contributed by atoms with Crippen LogP contribution in [0.1, 0.15) is 38.7 Å². The Kier molecular flexibility index (Phi) is 9.55. The van der Waals surface area contributed by atoms with Crippen molar-refractivity contribution in [2.75, 3.05) is 18.6 Å². The van der Waals surface area contributed by atoms with E-state index >= 15 is 0 Å². The molecule has 1 rings (SSSR count). The van der Waals surface area contributed by atoms with Crippen molar-refractivity contribution in [3.8, 4) is 0 Å². The van der Waals surface area contributed by atoms with E-state index in [9.17, 15) is 13.2 Å². The third kappa shape index (κ3) is 6.79. The highest BCUT2D eigenvalue weighted by Gasteiger charge is 2.29. The Morgan fingerprint density at radius 1 is 1.21 bits per heavy atom. The third-order valence-corrected chi connectivity index (χ3v) is 5.45. The first-order chi connectivity index (χ1) is 10.7. The van der Waals surface area contributed by atoms with Crippen LogP contribution in [0.5, 0.6) is 0 Å². The van der Waals surface area contributed by atoms with Crippen molar-refractivity contribution in [1.29, 1.82) is 0 Å². The van der Waals surface area contributed by atoms with Crippen LogP contribution in [0.2, 0.25) is 0 Å². The van der Waals surface area contributed by atoms with Gasteiger partial charge in [-0.05, 0) is 24.8 Å².